The maximum atomic E-state index is 13.3. The molecule has 6 nitrogen and oxygen atoms in total. The molecule has 0 aliphatic carbocycles. The molecule has 1 saturated heterocycles. The molecule has 0 radical (unpaired) electrons. The molecule has 0 saturated carbocycles. The molecule has 0 unspecified atom stereocenters. The van der Waals surface area contributed by atoms with Crippen LogP contribution in [0, 0.1) is 13.8 Å². The monoisotopic (exact) mass is 424 g/mol. The average Bonchev–Trinajstić information content (AvgIpc) is 3.11. The summed E-state index contributed by atoms with van der Waals surface area (Å²) in [5.41, 5.74) is 3.99. The van der Waals surface area contributed by atoms with Crippen LogP contribution in [0.1, 0.15) is 16.7 Å². The van der Waals surface area contributed by atoms with Crippen molar-refractivity contribution >= 4 is 63.0 Å². The smallest absolute Gasteiger partial charge is 0.323 e. The quantitative estimate of drug-likeness (QED) is 0.600. The van der Waals surface area contributed by atoms with Crippen molar-refractivity contribution in [3.63, 3.8) is 0 Å². The number of aliphatic carboxylic acids is 1. The first-order chi connectivity index (χ1) is 13.8. The van der Waals surface area contributed by atoms with Crippen LogP contribution in [-0.4, -0.2) is 33.8 Å². The van der Waals surface area contributed by atoms with Crippen LogP contribution < -0.4 is 9.80 Å². The van der Waals surface area contributed by atoms with Gasteiger partial charge in [0, 0.05) is 5.56 Å². The lowest BCUT2D eigenvalue weighted by molar-refractivity contribution is -0.136. The summed E-state index contributed by atoms with van der Waals surface area (Å²) >= 11 is 6.50. The summed E-state index contributed by atoms with van der Waals surface area (Å²) < 4.78 is 0.336. The van der Waals surface area contributed by atoms with Gasteiger partial charge in [-0.25, -0.2) is 0 Å². The summed E-state index contributed by atoms with van der Waals surface area (Å²) in [6.45, 7) is 3.46. The molecule has 0 atom stereocenters. The topological polar surface area (TPSA) is 77.9 Å². The molecule has 2 aliphatic heterocycles. The molecule has 1 N–H and O–H groups in total. The Morgan fingerprint density at radius 3 is 2.48 bits per heavy atom. The van der Waals surface area contributed by atoms with Crippen molar-refractivity contribution in [3.8, 4) is 0 Å². The van der Waals surface area contributed by atoms with E-state index >= 15 is 0 Å². The molecule has 146 valence electrons. The van der Waals surface area contributed by atoms with Gasteiger partial charge in [0.05, 0.1) is 21.9 Å². The lowest BCUT2D eigenvalue weighted by Crippen LogP contribution is -2.32. The number of carbonyl (C=O) groups is 3. The van der Waals surface area contributed by atoms with Gasteiger partial charge >= 0.3 is 5.97 Å². The SMILES string of the molecule is Cc1ccc(N2C(=O)/C(=C3/C(=O)N(CC(=O)O)c4ccccc43)SC2=S)cc1C. The molecule has 2 heterocycles. The number of carboxylic acid groups (broad SMARTS) is 1. The first-order valence-electron chi connectivity index (χ1n) is 8.80. The number of rotatable bonds is 3. The highest BCUT2D eigenvalue weighted by atomic mass is 32.2. The largest absolute Gasteiger partial charge is 0.480 e. The van der Waals surface area contributed by atoms with Gasteiger partial charge in [0.25, 0.3) is 11.8 Å². The normalized spacial score (nSPS) is 18.6. The van der Waals surface area contributed by atoms with Crippen LogP contribution in [-0.2, 0) is 14.4 Å². The van der Waals surface area contributed by atoms with Gasteiger partial charge in [0.15, 0.2) is 4.32 Å². The Bertz CT molecular complexity index is 1140. The molecule has 0 bridgehead atoms. The van der Waals surface area contributed by atoms with Gasteiger partial charge in [-0.15, -0.1) is 0 Å². The van der Waals surface area contributed by atoms with Crippen molar-refractivity contribution in [2.45, 2.75) is 13.8 Å². The lowest BCUT2D eigenvalue weighted by atomic mass is 10.1. The third-order valence-corrected chi connectivity index (χ3v) is 6.33. The minimum absolute atomic E-state index is 0.200. The lowest BCUT2D eigenvalue weighted by Gasteiger charge is -2.16. The molecule has 2 aromatic carbocycles. The van der Waals surface area contributed by atoms with E-state index in [1.165, 1.54) is 9.80 Å². The van der Waals surface area contributed by atoms with E-state index in [4.69, 9.17) is 12.2 Å². The number of fused-ring (bicyclic) bond motifs is 1. The number of hydrogen-bond acceptors (Lipinski definition) is 5. The predicted octanol–water partition coefficient (Wildman–Crippen LogP) is 3.51. The molecule has 2 amide bonds. The van der Waals surface area contributed by atoms with Crippen molar-refractivity contribution < 1.29 is 19.5 Å². The number of aryl methyl sites for hydroxylation is 2. The zero-order valence-corrected chi connectivity index (χ0v) is 17.3. The van der Waals surface area contributed by atoms with E-state index < -0.39 is 18.4 Å². The van der Waals surface area contributed by atoms with Crippen molar-refractivity contribution in [3.05, 3.63) is 64.1 Å². The average molecular weight is 425 g/mol. The van der Waals surface area contributed by atoms with E-state index in [1.807, 2.05) is 32.0 Å². The summed E-state index contributed by atoms with van der Waals surface area (Å²) in [6, 6.07) is 12.5. The highest BCUT2D eigenvalue weighted by Gasteiger charge is 2.42. The van der Waals surface area contributed by atoms with Crippen LogP contribution in [0.25, 0.3) is 5.57 Å². The van der Waals surface area contributed by atoms with Crippen molar-refractivity contribution in [2.75, 3.05) is 16.3 Å². The fourth-order valence-electron chi connectivity index (χ4n) is 3.40. The highest BCUT2D eigenvalue weighted by Crippen LogP contribution is 2.45. The number of thioether (sulfide) groups is 1. The van der Waals surface area contributed by atoms with Crippen LogP contribution in [0.5, 0.6) is 0 Å². The standard InChI is InChI=1S/C21H16N2O4S2/c1-11-7-8-13(9-12(11)2)23-20(27)18(29-21(23)28)17-14-5-3-4-6-15(14)22(19(17)26)10-16(24)25/h3-9H,10H2,1-2H3,(H,24,25)/b18-17-. The molecule has 0 aromatic heterocycles. The number of para-hydroxylation sites is 1. The first kappa shape index (κ1) is 19.4. The van der Waals surface area contributed by atoms with E-state index in [9.17, 15) is 19.5 Å². The van der Waals surface area contributed by atoms with E-state index in [1.54, 1.807) is 24.3 Å². The van der Waals surface area contributed by atoms with Crippen molar-refractivity contribution in [2.24, 2.45) is 0 Å². The third kappa shape index (κ3) is 3.14. The van der Waals surface area contributed by atoms with Crippen LogP contribution in [0.4, 0.5) is 11.4 Å². The van der Waals surface area contributed by atoms with Gasteiger partial charge in [-0.05, 0) is 43.2 Å². The Morgan fingerprint density at radius 2 is 1.79 bits per heavy atom. The van der Waals surface area contributed by atoms with Crippen molar-refractivity contribution in [1.29, 1.82) is 0 Å². The molecule has 2 aliphatic rings. The van der Waals surface area contributed by atoms with Crippen LogP contribution in [0.2, 0.25) is 0 Å². The minimum atomic E-state index is -1.13. The van der Waals surface area contributed by atoms with Gasteiger partial charge in [0.1, 0.15) is 6.54 Å². The third-order valence-electron chi connectivity index (χ3n) is 4.96. The van der Waals surface area contributed by atoms with Gasteiger partial charge in [-0.2, -0.15) is 0 Å². The van der Waals surface area contributed by atoms with Crippen LogP contribution in [0.3, 0.4) is 0 Å². The van der Waals surface area contributed by atoms with Gasteiger partial charge in [-0.1, -0.05) is 48.2 Å². The maximum Gasteiger partial charge on any atom is 0.323 e. The molecule has 8 heteroatoms. The fraction of sp³-hybridized carbons (Fsp3) is 0.143. The summed E-state index contributed by atoms with van der Waals surface area (Å²) in [4.78, 5) is 40.4. The number of anilines is 2. The number of benzene rings is 2. The summed E-state index contributed by atoms with van der Waals surface area (Å²) in [6.07, 6.45) is 0. The van der Waals surface area contributed by atoms with Gasteiger partial charge < -0.3 is 5.11 Å². The Kier molecular flexibility index (Phi) is 4.76. The zero-order valence-electron chi connectivity index (χ0n) is 15.6. The first-order valence-corrected chi connectivity index (χ1v) is 10.0. The minimum Gasteiger partial charge on any atom is -0.480 e. The number of carboxylic acids is 1. The fourth-order valence-corrected chi connectivity index (χ4v) is 4.77. The molecular weight excluding hydrogens is 408 g/mol. The number of amides is 2. The highest BCUT2D eigenvalue weighted by molar-refractivity contribution is 8.27. The molecule has 29 heavy (non-hydrogen) atoms. The predicted molar refractivity (Wildman–Crippen MR) is 117 cm³/mol. The summed E-state index contributed by atoms with van der Waals surface area (Å²) in [5.74, 6) is -2.01. The molecule has 2 aromatic rings. The second-order valence-electron chi connectivity index (χ2n) is 6.78. The van der Waals surface area contributed by atoms with E-state index in [0.29, 0.717) is 21.3 Å². The second-order valence-corrected chi connectivity index (χ2v) is 8.43. The molecule has 0 spiro atoms. The Balaban J connectivity index is 1.82. The van der Waals surface area contributed by atoms with Crippen LogP contribution in [0.15, 0.2) is 47.4 Å². The van der Waals surface area contributed by atoms with Crippen LogP contribution >= 0.6 is 24.0 Å². The van der Waals surface area contributed by atoms with Gasteiger partial charge in [0.2, 0.25) is 0 Å². The maximum absolute atomic E-state index is 13.3. The van der Waals surface area contributed by atoms with E-state index in [-0.39, 0.29) is 16.4 Å². The summed E-state index contributed by atoms with van der Waals surface area (Å²) in [5, 5.41) is 9.19. The Morgan fingerprint density at radius 1 is 1.07 bits per heavy atom. The van der Waals surface area contributed by atoms with Gasteiger partial charge in [-0.3, -0.25) is 24.2 Å². The second kappa shape index (κ2) is 7.13. The number of nitrogens with zero attached hydrogens (tertiary/aromatic N) is 2. The summed E-state index contributed by atoms with van der Waals surface area (Å²) in [7, 11) is 0. The number of hydrogen-bond donors (Lipinski definition) is 1. The number of carbonyl (C=O) groups excluding carboxylic acids is 2. The Hall–Kier alpha value is -2.97. The molecule has 1 fully saturated rings. The Labute approximate surface area is 176 Å². The van der Waals surface area contributed by atoms with Crippen molar-refractivity contribution in [1.82, 2.24) is 0 Å². The molecule has 4 rings (SSSR count). The van der Waals surface area contributed by atoms with E-state index in [0.717, 1.165) is 22.9 Å². The zero-order chi connectivity index (χ0) is 20.9. The number of thiocarbonyl (C=S) groups is 1. The van der Waals surface area contributed by atoms with E-state index in [2.05, 4.69) is 0 Å². The molecular formula is C21H16N2O4S2.